The highest BCUT2D eigenvalue weighted by molar-refractivity contribution is 7.12. The lowest BCUT2D eigenvalue weighted by Gasteiger charge is -2.10. The number of nitrogens with one attached hydrogen (secondary N) is 1. The Balaban J connectivity index is 1.64. The molecule has 2 aromatic carbocycles. The molecule has 3 aromatic rings. The van der Waals surface area contributed by atoms with Crippen molar-refractivity contribution in [3.63, 3.8) is 0 Å². The summed E-state index contributed by atoms with van der Waals surface area (Å²) in [5, 5.41) is 3.90. The Labute approximate surface area is 176 Å². The van der Waals surface area contributed by atoms with E-state index >= 15 is 0 Å². The van der Waals surface area contributed by atoms with Gasteiger partial charge in [0.2, 0.25) is 5.78 Å². The molecule has 30 heavy (non-hydrogen) atoms. The van der Waals surface area contributed by atoms with Crippen molar-refractivity contribution in [3.05, 3.63) is 87.6 Å². The number of hydrogen-bond acceptors (Lipinski definition) is 7. The maximum atomic E-state index is 12.6. The van der Waals surface area contributed by atoms with Crippen LogP contribution < -0.4 is 10.1 Å². The molecule has 0 unspecified atom stereocenters. The Hall–Kier alpha value is -3.78. The molecule has 7 nitrogen and oxygen atoms in total. The van der Waals surface area contributed by atoms with Gasteiger partial charge in [0.1, 0.15) is 5.75 Å². The Morgan fingerprint density at radius 3 is 2.20 bits per heavy atom. The summed E-state index contributed by atoms with van der Waals surface area (Å²) in [7, 11) is 1.41. The van der Waals surface area contributed by atoms with Gasteiger partial charge in [0, 0.05) is 5.56 Å². The van der Waals surface area contributed by atoms with E-state index in [2.05, 4.69) is 5.32 Å². The molecule has 0 spiro atoms. The SMILES string of the molecule is COc1ccccc1C(=O)NC(=O)COC(=O)c1ccccc1C(=O)c1cccs1. The van der Waals surface area contributed by atoms with E-state index in [4.69, 9.17) is 9.47 Å². The molecule has 8 heteroatoms. The average Bonchev–Trinajstić information content (AvgIpc) is 3.32. The van der Waals surface area contributed by atoms with Crippen LogP contribution in [0.5, 0.6) is 5.75 Å². The number of carbonyl (C=O) groups is 4. The fraction of sp³-hybridized carbons (Fsp3) is 0.0909. The minimum Gasteiger partial charge on any atom is -0.496 e. The summed E-state index contributed by atoms with van der Waals surface area (Å²) >= 11 is 1.26. The summed E-state index contributed by atoms with van der Waals surface area (Å²) in [6.45, 7) is -0.679. The largest absolute Gasteiger partial charge is 0.496 e. The number of imide groups is 1. The van der Waals surface area contributed by atoms with Crippen LogP contribution in [0.15, 0.2) is 66.0 Å². The van der Waals surface area contributed by atoms with Crippen LogP contribution in [-0.4, -0.2) is 37.3 Å². The number of para-hydroxylation sites is 1. The van der Waals surface area contributed by atoms with E-state index in [0.717, 1.165) is 0 Å². The van der Waals surface area contributed by atoms with Gasteiger partial charge in [-0.2, -0.15) is 0 Å². The average molecular weight is 423 g/mol. The van der Waals surface area contributed by atoms with Crippen LogP contribution in [0, 0.1) is 0 Å². The molecule has 1 N–H and O–H groups in total. The zero-order chi connectivity index (χ0) is 21.5. The van der Waals surface area contributed by atoms with Crippen LogP contribution in [0.4, 0.5) is 0 Å². The quantitative estimate of drug-likeness (QED) is 0.463. The number of thiophene rings is 1. The van der Waals surface area contributed by atoms with Crippen molar-refractivity contribution in [2.75, 3.05) is 13.7 Å². The third-order valence-corrected chi connectivity index (χ3v) is 4.94. The molecule has 0 saturated heterocycles. The third kappa shape index (κ3) is 4.79. The van der Waals surface area contributed by atoms with Gasteiger partial charge in [0.15, 0.2) is 6.61 Å². The molecule has 152 valence electrons. The number of carbonyl (C=O) groups excluding carboxylic acids is 4. The minimum atomic E-state index is -0.838. The van der Waals surface area contributed by atoms with Gasteiger partial charge in [-0.15, -0.1) is 11.3 Å². The van der Waals surface area contributed by atoms with Crippen LogP contribution in [0.1, 0.15) is 36.0 Å². The van der Waals surface area contributed by atoms with Gasteiger partial charge >= 0.3 is 5.97 Å². The molecule has 0 radical (unpaired) electrons. The minimum absolute atomic E-state index is 0.0414. The molecule has 1 heterocycles. The van der Waals surface area contributed by atoms with E-state index in [1.54, 1.807) is 47.8 Å². The third-order valence-electron chi connectivity index (χ3n) is 4.08. The summed E-state index contributed by atoms with van der Waals surface area (Å²) in [5.41, 5.74) is 0.391. The first kappa shape index (κ1) is 20.9. The van der Waals surface area contributed by atoms with Crippen molar-refractivity contribution in [2.45, 2.75) is 0 Å². The van der Waals surface area contributed by atoms with Gasteiger partial charge in [0.05, 0.1) is 23.1 Å². The van der Waals surface area contributed by atoms with Crippen molar-refractivity contribution >= 4 is 34.9 Å². The second-order valence-corrected chi connectivity index (χ2v) is 6.95. The first-order valence-corrected chi connectivity index (χ1v) is 9.70. The standard InChI is InChI=1S/C22H17NO6S/c1-28-17-10-5-4-9-16(17)21(26)23-19(24)13-29-22(27)15-8-3-2-7-14(15)20(25)18-11-6-12-30-18/h2-12H,13H2,1H3,(H,23,24,26). The highest BCUT2D eigenvalue weighted by Crippen LogP contribution is 2.19. The molecule has 0 aliphatic heterocycles. The number of ketones is 1. The summed E-state index contributed by atoms with van der Waals surface area (Å²) in [4.78, 5) is 49.8. The van der Waals surface area contributed by atoms with E-state index in [9.17, 15) is 19.2 Å². The topological polar surface area (TPSA) is 98.8 Å². The number of hydrogen-bond donors (Lipinski definition) is 1. The Kier molecular flexibility index (Phi) is 6.71. The molecular formula is C22H17NO6S. The monoisotopic (exact) mass is 423 g/mol. The van der Waals surface area contributed by atoms with Crippen LogP contribution in [0.2, 0.25) is 0 Å². The molecule has 0 aliphatic carbocycles. The Bertz CT molecular complexity index is 1090. The normalized spacial score (nSPS) is 10.2. The highest BCUT2D eigenvalue weighted by atomic mass is 32.1. The van der Waals surface area contributed by atoms with Gasteiger partial charge in [0.25, 0.3) is 11.8 Å². The van der Waals surface area contributed by atoms with E-state index in [1.807, 2.05) is 0 Å². The zero-order valence-electron chi connectivity index (χ0n) is 15.9. The Morgan fingerprint density at radius 2 is 1.53 bits per heavy atom. The molecule has 1 aromatic heterocycles. The second kappa shape index (κ2) is 9.62. The summed E-state index contributed by atoms with van der Waals surface area (Å²) < 4.78 is 10.1. The van der Waals surface area contributed by atoms with Gasteiger partial charge in [-0.1, -0.05) is 36.4 Å². The molecule has 0 bridgehead atoms. The molecule has 0 atom stereocenters. The van der Waals surface area contributed by atoms with E-state index in [0.29, 0.717) is 10.6 Å². The van der Waals surface area contributed by atoms with Crippen molar-refractivity contribution in [1.29, 1.82) is 0 Å². The maximum Gasteiger partial charge on any atom is 0.339 e. The predicted molar refractivity (Wildman–Crippen MR) is 110 cm³/mol. The molecule has 0 saturated carbocycles. The summed E-state index contributed by atoms with van der Waals surface area (Å²) in [6, 6.07) is 16.0. The number of esters is 1. The summed E-state index contributed by atoms with van der Waals surface area (Å²) in [5.74, 6) is -2.33. The van der Waals surface area contributed by atoms with E-state index < -0.39 is 24.4 Å². The van der Waals surface area contributed by atoms with Crippen molar-refractivity contribution in [3.8, 4) is 5.75 Å². The first-order chi connectivity index (χ1) is 14.5. The lowest BCUT2D eigenvalue weighted by molar-refractivity contribution is -0.123. The van der Waals surface area contributed by atoms with E-state index in [-0.39, 0.29) is 22.5 Å². The molecule has 0 fully saturated rings. The van der Waals surface area contributed by atoms with Crippen LogP contribution in [0.3, 0.4) is 0 Å². The van der Waals surface area contributed by atoms with Gasteiger partial charge < -0.3 is 9.47 Å². The number of ether oxygens (including phenoxy) is 2. The molecular weight excluding hydrogens is 406 g/mol. The van der Waals surface area contributed by atoms with Crippen molar-refractivity contribution < 1.29 is 28.7 Å². The fourth-order valence-electron chi connectivity index (χ4n) is 2.67. The fourth-order valence-corrected chi connectivity index (χ4v) is 3.35. The number of rotatable bonds is 7. The lowest BCUT2D eigenvalue weighted by atomic mass is 10.0. The van der Waals surface area contributed by atoms with Crippen molar-refractivity contribution in [1.82, 2.24) is 5.32 Å². The highest BCUT2D eigenvalue weighted by Gasteiger charge is 2.21. The smallest absolute Gasteiger partial charge is 0.339 e. The number of methoxy groups -OCH3 is 1. The molecule has 2 amide bonds. The molecule has 3 rings (SSSR count). The van der Waals surface area contributed by atoms with Gasteiger partial charge in [-0.3, -0.25) is 19.7 Å². The number of amides is 2. The second-order valence-electron chi connectivity index (χ2n) is 6.01. The van der Waals surface area contributed by atoms with Crippen molar-refractivity contribution in [2.24, 2.45) is 0 Å². The molecule has 0 aliphatic rings. The Morgan fingerprint density at radius 1 is 0.867 bits per heavy atom. The lowest BCUT2D eigenvalue weighted by Crippen LogP contribution is -2.34. The van der Waals surface area contributed by atoms with E-state index in [1.165, 1.54) is 36.6 Å². The summed E-state index contributed by atoms with van der Waals surface area (Å²) in [6.07, 6.45) is 0. The zero-order valence-corrected chi connectivity index (χ0v) is 16.7. The van der Waals surface area contributed by atoms with Crippen LogP contribution >= 0.6 is 11.3 Å². The maximum absolute atomic E-state index is 12.6. The van der Waals surface area contributed by atoms with Crippen LogP contribution in [0.25, 0.3) is 0 Å². The first-order valence-electron chi connectivity index (χ1n) is 8.83. The van der Waals surface area contributed by atoms with Gasteiger partial charge in [-0.05, 0) is 29.6 Å². The van der Waals surface area contributed by atoms with Crippen LogP contribution in [-0.2, 0) is 9.53 Å². The van der Waals surface area contributed by atoms with Gasteiger partial charge in [-0.25, -0.2) is 4.79 Å². The number of benzene rings is 2. The predicted octanol–water partition coefficient (Wildman–Crippen LogP) is 3.10.